The summed E-state index contributed by atoms with van der Waals surface area (Å²) in [6.45, 7) is 0. The predicted molar refractivity (Wildman–Crippen MR) is 75.2 cm³/mol. The highest BCUT2D eigenvalue weighted by Crippen LogP contribution is 2.27. The molecule has 3 aromatic rings. The van der Waals surface area contributed by atoms with Crippen LogP contribution < -0.4 is 0 Å². The van der Waals surface area contributed by atoms with Crippen LogP contribution in [0, 0.1) is 5.82 Å². The van der Waals surface area contributed by atoms with Crippen LogP contribution >= 0.6 is 11.8 Å². The first kappa shape index (κ1) is 13.6. The molecule has 106 valence electrons. The molecule has 0 aliphatic rings. The third-order valence-corrected chi connectivity index (χ3v) is 3.65. The number of benzene rings is 1. The van der Waals surface area contributed by atoms with Crippen LogP contribution in [0.5, 0.6) is 5.75 Å². The molecule has 2 aromatic heterocycles. The predicted octanol–water partition coefficient (Wildman–Crippen LogP) is 3.27. The molecule has 7 heteroatoms. The Kier molecular flexibility index (Phi) is 3.83. The second-order valence-electron chi connectivity index (χ2n) is 4.15. The van der Waals surface area contributed by atoms with Gasteiger partial charge >= 0.3 is 0 Å². The molecule has 0 aliphatic carbocycles. The monoisotopic (exact) mass is 303 g/mol. The maximum absolute atomic E-state index is 13.1. The normalized spacial score (nSPS) is 10.7. The fraction of sp³-hybridized carbons (Fsp3) is 0.0714. The van der Waals surface area contributed by atoms with Gasteiger partial charge in [0.25, 0.3) is 5.89 Å². The Hall–Kier alpha value is -2.41. The van der Waals surface area contributed by atoms with Gasteiger partial charge in [-0.3, -0.25) is 4.98 Å². The lowest BCUT2D eigenvalue weighted by molar-refractivity contribution is 0.419. The van der Waals surface area contributed by atoms with Gasteiger partial charge in [0.2, 0.25) is 0 Å². The Morgan fingerprint density at radius 3 is 3.00 bits per heavy atom. The zero-order chi connectivity index (χ0) is 14.7. The van der Waals surface area contributed by atoms with Crippen LogP contribution in [-0.4, -0.2) is 20.2 Å². The van der Waals surface area contributed by atoms with Crippen molar-refractivity contribution in [2.75, 3.05) is 0 Å². The molecule has 2 heterocycles. The molecular formula is C14H10FN3O2S. The van der Waals surface area contributed by atoms with E-state index in [0.29, 0.717) is 17.1 Å². The first-order valence-corrected chi connectivity index (χ1v) is 7.05. The van der Waals surface area contributed by atoms with Gasteiger partial charge in [-0.15, -0.1) is 11.8 Å². The molecule has 0 radical (unpaired) electrons. The van der Waals surface area contributed by atoms with Gasteiger partial charge in [-0.05, 0) is 24.3 Å². The smallest absolute Gasteiger partial charge is 0.261 e. The van der Waals surface area contributed by atoms with Gasteiger partial charge in [-0.25, -0.2) is 4.39 Å². The zero-order valence-corrected chi connectivity index (χ0v) is 11.5. The Morgan fingerprint density at radius 2 is 2.19 bits per heavy atom. The lowest BCUT2D eigenvalue weighted by Gasteiger charge is -1.98. The first-order valence-electron chi connectivity index (χ1n) is 6.06. The van der Waals surface area contributed by atoms with Crippen molar-refractivity contribution in [2.24, 2.45) is 0 Å². The topological polar surface area (TPSA) is 72.0 Å². The summed E-state index contributed by atoms with van der Waals surface area (Å²) in [5.74, 6) is 0.833. The largest absolute Gasteiger partial charge is 0.505 e. The highest BCUT2D eigenvalue weighted by molar-refractivity contribution is 7.98. The van der Waals surface area contributed by atoms with Gasteiger partial charge in [0, 0.05) is 11.1 Å². The van der Waals surface area contributed by atoms with E-state index in [1.54, 1.807) is 12.1 Å². The standard InChI is InChI=1S/C14H10FN3O2S/c15-9-2-1-3-10(6-9)21-8-13-17-14(20-18-13)11-4-5-16-7-12(11)19/h1-7,19H,8H2. The van der Waals surface area contributed by atoms with E-state index in [2.05, 4.69) is 15.1 Å². The second kappa shape index (κ2) is 5.92. The number of hydrogen-bond donors (Lipinski definition) is 1. The molecule has 0 unspecified atom stereocenters. The summed E-state index contributed by atoms with van der Waals surface area (Å²) in [4.78, 5) is 8.77. The molecule has 3 rings (SSSR count). The van der Waals surface area contributed by atoms with Crippen molar-refractivity contribution in [1.29, 1.82) is 0 Å². The number of thioether (sulfide) groups is 1. The van der Waals surface area contributed by atoms with Crippen LogP contribution in [0.1, 0.15) is 5.82 Å². The van der Waals surface area contributed by atoms with Crippen molar-refractivity contribution in [3.05, 3.63) is 54.4 Å². The third kappa shape index (κ3) is 3.19. The molecule has 0 atom stereocenters. The number of nitrogens with zero attached hydrogens (tertiary/aromatic N) is 3. The third-order valence-electron chi connectivity index (χ3n) is 2.66. The van der Waals surface area contributed by atoms with E-state index < -0.39 is 0 Å². The van der Waals surface area contributed by atoms with Crippen LogP contribution in [0.2, 0.25) is 0 Å². The lowest BCUT2D eigenvalue weighted by atomic mass is 10.2. The van der Waals surface area contributed by atoms with E-state index in [9.17, 15) is 9.50 Å². The van der Waals surface area contributed by atoms with Crippen LogP contribution in [0.4, 0.5) is 4.39 Å². The molecule has 0 saturated heterocycles. The van der Waals surface area contributed by atoms with Gasteiger partial charge in [-0.2, -0.15) is 4.98 Å². The molecule has 1 N–H and O–H groups in total. The minimum Gasteiger partial charge on any atom is -0.505 e. The second-order valence-corrected chi connectivity index (χ2v) is 5.20. The quantitative estimate of drug-likeness (QED) is 0.746. The molecule has 0 aliphatic heterocycles. The maximum atomic E-state index is 13.1. The number of aromatic nitrogens is 3. The van der Waals surface area contributed by atoms with E-state index in [1.807, 2.05) is 6.07 Å². The maximum Gasteiger partial charge on any atom is 0.261 e. The summed E-state index contributed by atoms with van der Waals surface area (Å²) >= 11 is 1.40. The SMILES string of the molecule is Oc1cnccc1-c1nc(CSc2cccc(F)c2)no1. The molecule has 1 aromatic carbocycles. The van der Waals surface area contributed by atoms with Gasteiger partial charge in [0.05, 0.1) is 17.5 Å². The van der Waals surface area contributed by atoms with Gasteiger partial charge in [0.15, 0.2) is 5.82 Å². The van der Waals surface area contributed by atoms with E-state index in [0.717, 1.165) is 4.90 Å². The van der Waals surface area contributed by atoms with Gasteiger partial charge in [0.1, 0.15) is 11.6 Å². The van der Waals surface area contributed by atoms with E-state index in [-0.39, 0.29) is 17.5 Å². The Bertz CT molecular complexity index is 763. The highest BCUT2D eigenvalue weighted by atomic mass is 32.2. The Balaban J connectivity index is 1.72. The van der Waals surface area contributed by atoms with Gasteiger partial charge < -0.3 is 9.63 Å². The van der Waals surface area contributed by atoms with E-state index in [1.165, 1.54) is 36.3 Å². The summed E-state index contributed by atoms with van der Waals surface area (Å²) in [5, 5.41) is 13.5. The van der Waals surface area contributed by atoms with Crippen molar-refractivity contribution in [1.82, 2.24) is 15.1 Å². The van der Waals surface area contributed by atoms with Crippen molar-refractivity contribution in [2.45, 2.75) is 10.6 Å². The number of hydrogen-bond acceptors (Lipinski definition) is 6. The molecule has 21 heavy (non-hydrogen) atoms. The molecule has 0 saturated carbocycles. The number of rotatable bonds is 4. The summed E-state index contributed by atoms with van der Waals surface area (Å²) in [5.41, 5.74) is 0.430. The molecule has 0 fully saturated rings. The van der Waals surface area contributed by atoms with E-state index >= 15 is 0 Å². The number of aromatic hydroxyl groups is 1. The van der Waals surface area contributed by atoms with Crippen molar-refractivity contribution >= 4 is 11.8 Å². The van der Waals surface area contributed by atoms with Crippen molar-refractivity contribution in [3.63, 3.8) is 0 Å². The summed E-state index contributed by atoms with van der Waals surface area (Å²) in [7, 11) is 0. The number of pyridine rings is 1. The highest BCUT2D eigenvalue weighted by Gasteiger charge is 2.12. The first-order chi connectivity index (χ1) is 10.2. The fourth-order valence-corrected chi connectivity index (χ4v) is 2.48. The van der Waals surface area contributed by atoms with Crippen molar-refractivity contribution < 1.29 is 14.0 Å². The molecule has 0 spiro atoms. The molecule has 0 amide bonds. The van der Waals surface area contributed by atoms with E-state index in [4.69, 9.17) is 4.52 Å². The summed E-state index contributed by atoms with van der Waals surface area (Å²) in [6, 6.07) is 7.88. The summed E-state index contributed by atoms with van der Waals surface area (Å²) in [6.07, 6.45) is 2.83. The average molecular weight is 303 g/mol. The molecular weight excluding hydrogens is 293 g/mol. The lowest BCUT2D eigenvalue weighted by Crippen LogP contribution is -1.85. The molecule has 5 nitrogen and oxygen atoms in total. The Morgan fingerprint density at radius 1 is 1.29 bits per heavy atom. The number of halogens is 1. The minimum absolute atomic E-state index is 0.0227. The average Bonchev–Trinajstić information content (AvgIpc) is 2.94. The van der Waals surface area contributed by atoms with Gasteiger partial charge in [-0.1, -0.05) is 11.2 Å². The fourth-order valence-electron chi connectivity index (χ4n) is 1.69. The zero-order valence-electron chi connectivity index (χ0n) is 10.7. The van der Waals surface area contributed by atoms with Crippen LogP contribution in [0.25, 0.3) is 11.5 Å². The molecule has 0 bridgehead atoms. The Labute approximate surface area is 123 Å². The summed E-state index contributed by atoms with van der Waals surface area (Å²) < 4.78 is 18.2. The van der Waals surface area contributed by atoms with Crippen molar-refractivity contribution in [3.8, 4) is 17.2 Å². The minimum atomic E-state index is -0.282. The van der Waals surface area contributed by atoms with Crippen LogP contribution in [0.15, 0.2) is 52.1 Å². The van der Waals surface area contributed by atoms with Crippen LogP contribution in [0.3, 0.4) is 0 Å². The van der Waals surface area contributed by atoms with Crippen LogP contribution in [-0.2, 0) is 5.75 Å².